The summed E-state index contributed by atoms with van der Waals surface area (Å²) in [7, 11) is -3.29. The van der Waals surface area contributed by atoms with Crippen LogP contribution in [0.1, 0.15) is 29.4 Å². The van der Waals surface area contributed by atoms with Crippen molar-refractivity contribution in [3.8, 4) is 11.3 Å². The zero-order valence-corrected chi connectivity index (χ0v) is 17.7. The van der Waals surface area contributed by atoms with Crippen LogP contribution in [0.4, 0.5) is 5.69 Å². The van der Waals surface area contributed by atoms with Gasteiger partial charge in [0.2, 0.25) is 0 Å². The number of anilines is 1. The molecular weight excluding hydrogens is 396 g/mol. The number of benzene rings is 1. The minimum atomic E-state index is -3.29. The van der Waals surface area contributed by atoms with Crippen molar-refractivity contribution in [2.24, 2.45) is 0 Å². The number of nitrogens with zero attached hydrogens (tertiary/aromatic N) is 4. The van der Waals surface area contributed by atoms with E-state index in [1.807, 2.05) is 12.3 Å². The first-order valence-electron chi connectivity index (χ1n) is 9.96. The van der Waals surface area contributed by atoms with Crippen molar-refractivity contribution in [3.63, 3.8) is 0 Å². The molecule has 7 heteroatoms. The van der Waals surface area contributed by atoms with Gasteiger partial charge in [-0.15, -0.1) is 0 Å². The van der Waals surface area contributed by atoms with Gasteiger partial charge in [0, 0.05) is 60.3 Å². The van der Waals surface area contributed by atoms with Crippen LogP contribution in [0, 0.1) is 0 Å². The van der Waals surface area contributed by atoms with Gasteiger partial charge in [0.25, 0.3) is 0 Å². The lowest BCUT2D eigenvalue weighted by atomic mass is 9.94. The lowest BCUT2D eigenvalue weighted by Crippen LogP contribution is -2.39. The molecule has 2 aromatic heterocycles. The van der Waals surface area contributed by atoms with E-state index in [1.165, 1.54) is 17.5 Å². The number of sulfone groups is 1. The van der Waals surface area contributed by atoms with Gasteiger partial charge in [-0.25, -0.2) is 18.4 Å². The molecule has 0 saturated carbocycles. The van der Waals surface area contributed by atoms with Crippen molar-refractivity contribution in [2.45, 2.75) is 37.2 Å². The Bertz CT molecular complexity index is 1280. The molecule has 30 heavy (non-hydrogen) atoms. The molecule has 0 radical (unpaired) electrons. The monoisotopic (exact) mass is 418 g/mol. The molecule has 0 fully saturated rings. The molecule has 1 aliphatic carbocycles. The third-order valence-corrected chi connectivity index (χ3v) is 6.98. The standard InChI is InChI=1S/C23H22N4O2S/c1-15-11-21-19(13-27(15)22-9-10-24-20-8-4-7-18(20)22)23(26-14-25-21)16-5-3-6-17(12-16)30(2,28)29/h3-7,9-10,12,14-15H,8,11,13H2,1-2H3. The highest BCUT2D eigenvalue weighted by molar-refractivity contribution is 7.90. The predicted molar refractivity (Wildman–Crippen MR) is 117 cm³/mol. The number of allylic oxidation sites excluding steroid dienone is 1. The van der Waals surface area contributed by atoms with Gasteiger partial charge < -0.3 is 4.90 Å². The van der Waals surface area contributed by atoms with E-state index in [1.54, 1.807) is 24.5 Å². The Morgan fingerprint density at radius 3 is 2.80 bits per heavy atom. The maximum Gasteiger partial charge on any atom is 0.175 e. The predicted octanol–water partition coefficient (Wildman–Crippen LogP) is 3.46. The fraction of sp³-hybridized carbons (Fsp3) is 0.261. The molecule has 2 aliphatic rings. The number of rotatable bonds is 3. The molecule has 0 spiro atoms. The summed E-state index contributed by atoms with van der Waals surface area (Å²) in [5, 5.41) is 0. The largest absolute Gasteiger partial charge is 0.363 e. The zero-order valence-electron chi connectivity index (χ0n) is 16.9. The molecular formula is C23H22N4O2S. The maximum absolute atomic E-state index is 12.0. The summed E-state index contributed by atoms with van der Waals surface area (Å²) in [6.07, 6.45) is 10.7. The molecule has 1 aliphatic heterocycles. The number of aromatic nitrogens is 3. The van der Waals surface area contributed by atoms with E-state index >= 15 is 0 Å². The quantitative estimate of drug-likeness (QED) is 0.648. The molecule has 1 atom stereocenters. The highest BCUT2D eigenvalue weighted by atomic mass is 32.2. The van der Waals surface area contributed by atoms with Crippen LogP contribution in [0.5, 0.6) is 0 Å². The summed E-state index contributed by atoms with van der Waals surface area (Å²) >= 11 is 0. The van der Waals surface area contributed by atoms with Crippen LogP contribution >= 0.6 is 0 Å². The molecule has 0 amide bonds. The van der Waals surface area contributed by atoms with Crippen LogP contribution in [-0.4, -0.2) is 35.7 Å². The second kappa shape index (κ2) is 7.02. The Morgan fingerprint density at radius 1 is 1.10 bits per heavy atom. The second-order valence-electron chi connectivity index (χ2n) is 7.93. The summed E-state index contributed by atoms with van der Waals surface area (Å²) in [4.78, 5) is 16.3. The van der Waals surface area contributed by atoms with E-state index in [9.17, 15) is 8.42 Å². The summed E-state index contributed by atoms with van der Waals surface area (Å²) in [5.41, 5.74) is 7.13. The number of hydrogen-bond acceptors (Lipinski definition) is 6. The van der Waals surface area contributed by atoms with Gasteiger partial charge in [-0.3, -0.25) is 4.98 Å². The van der Waals surface area contributed by atoms with Crippen LogP contribution in [0.3, 0.4) is 0 Å². The molecule has 1 unspecified atom stereocenters. The van der Waals surface area contributed by atoms with Gasteiger partial charge in [0.1, 0.15) is 6.33 Å². The van der Waals surface area contributed by atoms with Gasteiger partial charge in [-0.1, -0.05) is 24.3 Å². The van der Waals surface area contributed by atoms with Crippen molar-refractivity contribution in [1.82, 2.24) is 15.0 Å². The minimum Gasteiger partial charge on any atom is -0.363 e. The number of fused-ring (bicyclic) bond motifs is 2. The normalized spacial score (nSPS) is 17.7. The molecule has 0 saturated heterocycles. The molecule has 6 nitrogen and oxygen atoms in total. The van der Waals surface area contributed by atoms with E-state index in [2.05, 4.69) is 45.0 Å². The highest BCUT2D eigenvalue weighted by Crippen LogP contribution is 2.36. The lowest BCUT2D eigenvalue weighted by Gasteiger charge is -2.37. The molecule has 5 rings (SSSR count). The average Bonchev–Trinajstić information content (AvgIpc) is 3.21. The number of pyridine rings is 1. The van der Waals surface area contributed by atoms with E-state index in [-0.39, 0.29) is 6.04 Å². The van der Waals surface area contributed by atoms with Crippen LogP contribution in [0.2, 0.25) is 0 Å². The third-order valence-electron chi connectivity index (χ3n) is 5.87. The van der Waals surface area contributed by atoms with Gasteiger partial charge in [0.15, 0.2) is 9.84 Å². The average molecular weight is 419 g/mol. The summed E-state index contributed by atoms with van der Waals surface area (Å²) in [6, 6.07) is 9.35. The highest BCUT2D eigenvalue weighted by Gasteiger charge is 2.29. The van der Waals surface area contributed by atoms with Gasteiger partial charge >= 0.3 is 0 Å². The Kier molecular flexibility index (Phi) is 4.43. The molecule has 0 N–H and O–H groups in total. The maximum atomic E-state index is 12.0. The van der Waals surface area contributed by atoms with E-state index < -0.39 is 9.84 Å². The fourth-order valence-electron chi connectivity index (χ4n) is 4.34. The minimum absolute atomic E-state index is 0.281. The second-order valence-corrected chi connectivity index (χ2v) is 9.94. The molecule has 3 aromatic rings. The van der Waals surface area contributed by atoms with Crippen LogP contribution in [0.25, 0.3) is 17.3 Å². The van der Waals surface area contributed by atoms with Crippen LogP contribution < -0.4 is 4.90 Å². The molecule has 0 bridgehead atoms. The van der Waals surface area contributed by atoms with Gasteiger partial charge in [-0.05, 0) is 25.1 Å². The van der Waals surface area contributed by atoms with Crippen molar-refractivity contribution in [3.05, 3.63) is 71.4 Å². The topological polar surface area (TPSA) is 76.1 Å². The molecule has 1 aromatic carbocycles. The van der Waals surface area contributed by atoms with Crippen molar-refractivity contribution in [1.29, 1.82) is 0 Å². The van der Waals surface area contributed by atoms with Crippen LogP contribution in [-0.2, 0) is 29.2 Å². The first kappa shape index (κ1) is 18.9. The first-order chi connectivity index (χ1) is 14.4. The Morgan fingerprint density at radius 2 is 1.97 bits per heavy atom. The lowest BCUT2D eigenvalue weighted by molar-refractivity contribution is 0.579. The number of hydrogen-bond donors (Lipinski definition) is 0. The van der Waals surface area contributed by atoms with Crippen molar-refractivity contribution >= 4 is 21.6 Å². The van der Waals surface area contributed by atoms with Gasteiger partial charge in [0.05, 0.1) is 22.0 Å². The summed E-state index contributed by atoms with van der Waals surface area (Å²) < 4.78 is 24.1. The Balaban J connectivity index is 1.60. The van der Waals surface area contributed by atoms with E-state index in [0.717, 1.165) is 41.1 Å². The van der Waals surface area contributed by atoms with Crippen molar-refractivity contribution in [2.75, 3.05) is 11.2 Å². The first-order valence-corrected chi connectivity index (χ1v) is 11.9. The summed E-state index contributed by atoms with van der Waals surface area (Å²) in [6.45, 7) is 2.88. The fourth-order valence-corrected chi connectivity index (χ4v) is 5.01. The SMILES string of the molecule is CC1Cc2ncnc(-c3cccc(S(C)(=O)=O)c3)c2CN1c1ccnc2c1C=CC2. The van der Waals surface area contributed by atoms with E-state index in [4.69, 9.17) is 0 Å². The van der Waals surface area contributed by atoms with E-state index in [0.29, 0.717) is 11.4 Å². The molecule has 152 valence electrons. The molecule has 3 heterocycles. The van der Waals surface area contributed by atoms with Crippen molar-refractivity contribution < 1.29 is 8.42 Å². The van der Waals surface area contributed by atoms with Gasteiger partial charge in [-0.2, -0.15) is 0 Å². The Hall–Kier alpha value is -3.06. The zero-order chi connectivity index (χ0) is 20.9. The Labute approximate surface area is 176 Å². The van der Waals surface area contributed by atoms with Crippen LogP contribution in [0.15, 0.2) is 53.8 Å². The smallest absolute Gasteiger partial charge is 0.175 e. The summed E-state index contributed by atoms with van der Waals surface area (Å²) in [5.74, 6) is 0. The third kappa shape index (κ3) is 3.19.